The summed E-state index contributed by atoms with van der Waals surface area (Å²) in [5.74, 6) is 0.436. The normalized spacial score (nSPS) is 12.7. The molecule has 5 heteroatoms. The molecule has 0 bridgehead atoms. The van der Waals surface area contributed by atoms with Crippen LogP contribution in [0.4, 0.5) is 0 Å². The van der Waals surface area contributed by atoms with Gasteiger partial charge in [-0.1, -0.05) is 13.8 Å². The van der Waals surface area contributed by atoms with E-state index in [1.54, 1.807) is 7.11 Å². The maximum Gasteiger partial charge on any atom is 0.268 e. The Morgan fingerprint density at radius 3 is 2.84 bits per heavy atom. The summed E-state index contributed by atoms with van der Waals surface area (Å²) in [6.07, 6.45) is 2.77. The molecule has 3 N–H and O–H groups in total. The summed E-state index contributed by atoms with van der Waals surface area (Å²) in [7, 11) is 1.65. The molecule has 5 nitrogen and oxygen atoms in total. The van der Waals surface area contributed by atoms with E-state index in [1.807, 2.05) is 22.9 Å². The monoisotopic (exact) mass is 267 g/mol. The van der Waals surface area contributed by atoms with Crippen molar-refractivity contribution in [2.24, 2.45) is 11.7 Å². The summed E-state index contributed by atoms with van der Waals surface area (Å²) in [6, 6.07) is 3.71. The van der Waals surface area contributed by atoms with Crippen molar-refractivity contribution in [1.29, 1.82) is 0 Å². The van der Waals surface area contributed by atoms with Crippen LogP contribution in [0.15, 0.2) is 18.3 Å². The van der Waals surface area contributed by atoms with Gasteiger partial charge in [-0.15, -0.1) is 0 Å². The molecule has 108 valence electrons. The number of aromatic nitrogens is 1. The van der Waals surface area contributed by atoms with Crippen LogP contribution in [-0.4, -0.2) is 36.8 Å². The van der Waals surface area contributed by atoms with E-state index in [0.717, 1.165) is 6.42 Å². The van der Waals surface area contributed by atoms with Crippen LogP contribution in [0.5, 0.6) is 0 Å². The summed E-state index contributed by atoms with van der Waals surface area (Å²) in [6.45, 7) is 5.96. The highest BCUT2D eigenvalue weighted by Crippen LogP contribution is 2.07. The Labute approximate surface area is 115 Å². The van der Waals surface area contributed by atoms with Crippen molar-refractivity contribution >= 4 is 5.91 Å². The first-order valence-corrected chi connectivity index (χ1v) is 6.73. The minimum atomic E-state index is -0.0720. The van der Waals surface area contributed by atoms with Crippen LogP contribution in [-0.2, 0) is 11.3 Å². The first-order chi connectivity index (χ1) is 9.08. The molecule has 0 saturated carbocycles. The minimum Gasteiger partial charge on any atom is -0.383 e. The molecule has 0 radical (unpaired) electrons. The fourth-order valence-electron chi connectivity index (χ4n) is 2.05. The number of amides is 1. The van der Waals surface area contributed by atoms with Crippen LogP contribution in [0, 0.1) is 5.92 Å². The van der Waals surface area contributed by atoms with Crippen LogP contribution in [0.25, 0.3) is 0 Å². The number of carbonyl (C=O) groups is 1. The van der Waals surface area contributed by atoms with Crippen molar-refractivity contribution < 1.29 is 9.53 Å². The molecule has 1 atom stereocenters. The average Bonchev–Trinajstić information content (AvgIpc) is 2.83. The Morgan fingerprint density at radius 2 is 2.26 bits per heavy atom. The second-order valence-electron chi connectivity index (χ2n) is 5.12. The van der Waals surface area contributed by atoms with Crippen LogP contribution in [0.3, 0.4) is 0 Å². The molecule has 1 aromatic heterocycles. The third-order valence-electron chi connectivity index (χ3n) is 2.97. The molecule has 1 aromatic rings. The maximum absolute atomic E-state index is 12.2. The van der Waals surface area contributed by atoms with Gasteiger partial charge in [0.05, 0.1) is 6.61 Å². The molecular weight excluding hydrogens is 242 g/mol. The Hall–Kier alpha value is -1.33. The molecule has 19 heavy (non-hydrogen) atoms. The van der Waals surface area contributed by atoms with E-state index >= 15 is 0 Å². The lowest BCUT2D eigenvalue weighted by atomic mass is 10.0. The molecule has 0 aliphatic heterocycles. The van der Waals surface area contributed by atoms with Crippen molar-refractivity contribution in [1.82, 2.24) is 9.88 Å². The van der Waals surface area contributed by atoms with Gasteiger partial charge in [0.2, 0.25) is 0 Å². The number of hydrogen-bond donors (Lipinski definition) is 2. The van der Waals surface area contributed by atoms with Gasteiger partial charge in [0.1, 0.15) is 5.69 Å². The standard InChI is InChI=1S/C14H25N3O2/c1-11(2)9-12(10-15)16-14(18)13-5-4-6-17(13)7-8-19-3/h4-6,11-12H,7-10,15H2,1-3H3,(H,16,18). The zero-order valence-corrected chi connectivity index (χ0v) is 12.1. The van der Waals surface area contributed by atoms with Crippen molar-refractivity contribution in [2.45, 2.75) is 32.9 Å². The van der Waals surface area contributed by atoms with Gasteiger partial charge >= 0.3 is 0 Å². The molecule has 0 fully saturated rings. The highest BCUT2D eigenvalue weighted by molar-refractivity contribution is 5.92. The van der Waals surface area contributed by atoms with Crippen molar-refractivity contribution in [3.05, 3.63) is 24.0 Å². The Morgan fingerprint density at radius 1 is 1.53 bits per heavy atom. The highest BCUT2D eigenvalue weighted by atomic mass is 16.5. The third-order valence-corrected chi connectivity index (χ3v) is 2.97. The topological polar surface area (TPSA) is 69.3 Å². The third kappa shape index (κ3) is 5.04. The lowest BCUT2D eigenvalue weighted by Crippen LogP contribution is -2.41. The van der Waals surface area contributed by atoms with E-state index in [0.29, 0.717) is 31.3 Å². The van der Waals surface area contributed by atoms with Gasteiger partial charge < -0.3 is 20.4 Å². The molecule has 1 rings (SSSR count). The van der Waals surface area contributed by atoms with Crippen LogP contribution >= 0.6 is 0 Å². The Bertz CT molecular complexity index is 388. The van der Waals surface area contributed by atoms with Gasteiger partial charge in [-0.25, -0.2) is 0 Å². The van der Waals surface area contributed by atoms with Gasteiger partial charge in [-0.2, -0.15) is 0 Å². The molecule has 0 aliphatic carbocycles. The first-order valence-electron chi connectivity index (χ1n) is 6.73. The number of methoxy groups -OCH3 is 1. The predicted molar refractivity (Wildman–Crippen MR) is 76.1 cm³/mol. The van der Waals surface area contributed by atoms with Crippen molar-refractivity contribution in [2.75, 3.05) is 20.3 Å². The van der Waals surface area contributed by atoms with Crippen LogP contribution in [0.1, 0.15) is 30.8 Å². The molecule has 1 unspecified atom stereocenters. The molecule has 0 aromatic carbocycles. The average molecular weight is 267 g/mol. The number of carbonyl (C=O) groups excluding carboxylic acids is 1. The van der Waals surface area contributed by atoms with Gasteiger partial charge in [0.25, 0.3) is 5.91 Å². The van der Waals surface area contributed by atoms with Gasteiger partial charge in [0, 0.05) is 32.4 Å². The Kier molecular flexibility index (Phi) is 6.59. The summed E-state index contributed by atoms with van der Waals surface area (Å²) in [4.78, 5) is 12.2. The number of rotatable bonds is 8. The molecule has 0 spiro atoms. The molecule has 0 aliphatic rings. The van der Waals surface area contributed by atoms with E-state index in [-0.39, 0.29) is 11.9 Å². The van der Waals surface area contributed by atoms with Gasteiger partial charge in [-0.05, 0) is 24.5 Å². The second kappa shape index (κ2) is 7.96. The van der Waals surface area contributed by atoms with E-state index in [2.05, 4.69) is 19.2 Å². The summed E-state index contributed by atoms with van der Waals surface area (Å²) in [5, 5.41) is 2.99. The molecular formula is C14H25N3O2. The van der Waals surface area contributed by atoms with Gasteiger partial charge in [0.15, 0.2) is 0 Å². The lowest BCUT2D eigenvalue weighted by molar-refractivity contribution is 0.0921. The Balaban J connectivity index is 2.63. The van der Waals surface area contributed by atoms with E-state index < -0.39 is 0 Å². The first kappa shape index (κ1) is 15.7. The van der Waals surface area contributed by atoms with E-state index in [1.165, 1.54) is 0 Å². The summed E-state index contributed by atoms with van der Waals surface area (Å²) in [5.41, 5.74) is 6.35. The minimum absolute atomic E-state index is 0.0262. The quantitative estimate of drug-likeness (QED) is 0.744. The molecule has 1 amide bonds. The lowest BCUT2D eigenvalue weighted by Gasteiger charge is -2.19. The van der Waals surface area contributed by atoms with Gasteiger partial charge in [-0.3, -0.25) is 4.79 Å². The summed E-state index contributed by atoms with van der Waals surface area (Å²) < 4.78 is 6.92. The maximum atomic E-state index is 12.2. The predicted octanol–water partition coefficient (Wildman–Crippen LogP) is 1.24. The second-order valence-corrected chi connectivity index (χ2v) is 5.12. The number of nitrogens with one attached hydrogen (secondary N) is 1. The zero-order chi connectivity index (χ0) is 14.3. The number of nitrogens with zero attached hydrogens (tertiary/aromatic N) is 1. The largest absolute Gasteiger partial charge is 0.383 e. The smallest absolute Gasteiger partial charge is 0.268 e. The number of nitrogens with two attached hydrogens (primary N) is 1. The van der Waals surface area contributed by atoms with Crippen molar-refractivity contribution in [3.8, 4) is 0 Å². The van der Waals surface area contributed by atoms with E-state index in [4.69, 9.17) is 10.5 Å². The number of hydrogen-bond acceptors (Lipinski definition) is 3. The van der Waals surface area contributed by atoms with Crippen molar-refractivity contribution in [3.63, 3.8) is 0 Å². The van der Waals surface area contributed by atoms with Crippen LogP contribution < -0.4 is 11.1 Å². The summed E-state index contributed by atoms with van der Waals surface area (Å²) >= 11 is 0. The fraction of sp³-hybridized carbons (Fsp3) is 0.643. The van der Waals surface area contributed by atoms with E-state index in [9.17, 15) is 4.79 Å². The SMILES string of the molecule is COCCn1cccc1C(=O)NC(CN)CC(C)C. The van der Waals surface area contributed by atoms with Crippen LogP contribution in [0.2, 0.25) is 0 Å². The highest BCUT2D eigenvalue weighted by Gasteiger charge is 2.16. The zero-order valence-electron chi connectivity index (χ0n) is 12.1. The molecule has 0 saturated heterocycles. The fourth-order valence-corrected chi connectivity index (χ4v) is 2.05. The molecule has 1 heterocycles. The number of ether oxygens (including phenoxy) is 1.